The van der Waals surface area contributed by atoms with Crippen molar-refractivity contribution in [3.63, 3.8) is 0 Å². The van der Waals surface area contributed by atoms with Crippen LogP contribution in [0.2, 0.25) is 0 Å². The van der Waals surface area contributed by atoms with Crippen LogP contribution in [0.25, 0.3) is 0 Å². The molecule has 0 amide bonds. The van der Waals surface area contributed by atoms with Crippen LogP contribution in [0.5, 0.6) is 0 Å². The van der Waals surface area contributed by atoms with Gasteiger partial charge in [0.25, 0.3) is 0 Å². The predicted octanol–water partition coefficient (Wildman–Crippen LogP) is 1.19. The Morgan fingerprint density at radius 1 is 1.53 bits per heavy atom. The lowest BCUT2D eigenvalue weighted by molar-refractivity contribution is 0.168. The van der Waals surface area contributed by atoms with Crippen LogP contribution in [0, 0.1) is 0 Å². The summed E-state index contributed by atoms with van der Waals surface area (Å²) in [7, 11) is 0. The molecule has 0 radical (unpaired) electrons. The molecule has 1 atom stereocenters. The van der Waals surface area contributed by atoms with E-state index in [4.69, 9.17) is 10.5 Å². The monoisotopic (exact) mass is 210 g/mol. The van der Waals surface area contributed by atoms with E-state index in [0.29, 0.717) is 6.54 Å². The van der Waals surface area contributed by atoms with Crippen molar-refractivity contribution in [3.8, 4) is 0 Å². The van der Waals surface area contributed by atoms with Crippen LogP contribution >= 0.6 is 0 Å². The summed E-state index contributed by atoms with van der Waals surface area (Å²) in [6.07, 6.45) is 8.56. The van der Waals surface area contributed by atoms with Gasteiger partial charge in [0.2, 0.25) is 0 Å². The van der Waals surface area contributed by atoms with Gasteiger partial charge in [0.05, 0.1) is 12.1 Å². The molecule has 2 rings (SSSR count). The third-order valence-electron chi connectivity index (χ3n) is 3.58. The smallest absolute Gasteiger partial charge is 0.0661 e. The molecule has 1 aliphatic carbocycles. The number of ether oxygens (including phenoxy) is 1. The van der Waals surface area contributed by atoms with E-state index in [2.05, 4.69) is 11.4 Å². The summed E-state index contributed by atoms with van der Waals surface area (Å²) in [6.45, 7) is 3.37. The van der Waals surface area contributed by atoms with Gasteiger partial charge in [-0.25, -0.2) is 0 Å². The first-order valence-corrected chi connectivity index (χ1v) is 6.05. The molecule has 0 aromatic carbocycles. The van der Waals surface area contributed by atoms with Crippen molar-refractivity contribution in [2.24, 2.45) is 5.73 Å². The first-order valence-electron chi connectivity index (χ1n) is 6.05. The average Bonchev–Trinajstić information content (AvgIpc) is 2.89. The fraction of sp³-hybridized carbons (Fsp3) is 0.833. The standard InChI is InChI=1S/C12H22N2O/c13-9-12(6-8-15-10-12)14-7-5-11-3-1-2-4-11/h3,14H,1-2,4-10,13H2. The van der Waals surface area contributed by atoms with Gasteiger partial charge in [-0.2, -0.15) is 0 Å². The maximum Gasteiger partial charge on any atom is 0.0661 e. The van der Waals surface area contributed by atoms with E-state index in [1.165, 1.54) is 25.7 Å². The molecule has 1 saturated heterocycles. The maximum absolute atomic E-state index is 5.81. The van der Waals surface area contributed by atoms with E-state index in [-0.39, 0.29) is 5.54 Å². The summed E-state index contributed by atoms with van der Waals surface area (Å²) in [5, 5.41) is 3.58. The highest BCUT2D eigenvalue weighted by Gasteiger charge is 2.32. The Morgan fingerprint density at radius 3 is 3.07 bits per heavy atom. The van der Waals surface area contributed by atoms with Gasteiger partial charge in [-0.3, -0.25) is 0 Å². The SMILES string of the molecule is NCC1(NCCC2=CCCC2)CCOC1. The van der Waals surface area contributed by atoms with E-state index >= 15 is 0 Å². The molecule has 1 aliphatic heterocycles. The van der Waals surface area contributed by atoms with Crippen LogP contribution in [0.4, 0.5) is 0 Å². The Hall–Kier alpha value is -0.380. The molecule has 0 aromatic heterocycles. The average molecular weight is 210 g/mol. The Labute approximate surface area is 92.1 Å². The van der Waals surface area contributed by atoms with Crippen LogP contribution in [0.15, 0.2) is 11.6 Å². The van der Waals surface area contributed by atoms with Gasteiger partial charge in [0.15, 0.2) is 0 Å². The van der Waals surface area contributed by atoms with Gasteiger partial charge in [-0.15, -0.1) is 0 Å². The molecule has 2 aliphatic rings. The fourth-order valence-corrected chi connectivity index (χ4v) is 2.43. The number of hydrogen-bond donors (Lipinski definition) is 2. The normalized spacial score (nSPS) is 30.9. The van der Waals surface area contributed by atoms with Crippen molar-refractivity contribution in [3.05, 3.63) is 11.6 Å². The van der Waals surface area contributed by atoms with Crippen LogP contribution in [0.3, 0.4) is 0 Å². The summed E-state index contributed by atoms with van der Waals surface area (Å²) in [4.78, 5) is 0. The minimum Gasteiger partial charge on any atom is -0.379 e. The van der Waals surface area contributed by atoms with Gasteiger partial charge < -0.3 is 15.8 Å². The molecule has 3 N–H and O–H groups in total. The Kier molecular flexibility index (Phi) is 3.78. The lowest BCUT2D eigenvalue weighted by Crippen LogP contribution is -2.52. The zero-order valence-corrected chi connectivity index (χ0v) is 9.43. The molecule has 0 saturated carbocycles. The Bertz CT molecular complexity index is 232. The van der Waals surface area contributed by atoms with E-state index in [1.807, 2.05) is 0 Å². The molecular weight excluding hydrogens is 188 g/mol. The van der Waals surface area contributed by atoms with Crippen molar-refractivity contribution in [2.45, 2.75) is 37.6 Å². The van der Waals surface area contributed by atoms with Crippen molar-refractivity contribution in [1.29, 1.82) is 0 Å². The molecular formula is C12H22N2O. The zero-order chi connectivity index (χ0) is 10.6. The lowest BCUT2D eigenvalue weighted by atomic mass is 9.98. The second-order valence-corrected chi connectivity index (χ2v) is 4.72. The minimum absolute atomic E-state index is 0.0686. The molecule has 0 aromatic rings. The van der Waals surface area contributed by atoms with Crippen LogP contribution in [0.1, 0.15) is 32.1 Å². The summed E-state index contributed by atoms with van der Waals surface area (Å²) in [5.41, 5.74) is 7.49. The van der Waals surface area contributed by atoms with E-state index < -0.39 is 0 Å². The molecule has 3 nitrogen and oxygen atoms in total. The van der Waals surface area contributed by atoms with Gasteiger partial charge in [0, 0.05) is 13.2 Å². The first kappa shape index (κ1) is 11.1. The van der Waals surface area contributed by atoms with Crippen LogP contribution in [-0.4, -0.2) is 31.8 Å². The Balaban J connectivity index is 1.71. The van der Waals surface area contributed by atoms with E-state index in [0.717, 1.165) is 26.2 Å². The van der Waals surface area contributed by atoms with Crippen molar-refractivity contribution in [1.82, 2.24) is 5.32 Å². The molecule has 15 heavy (non-hydrogen) atoms. The second-order valence-electron chi connectivity index (χ2n) is 4.72. The van der Waals surface area contributed by atoms with Crippen molar-refractivity contribution in [2.75, 3.05) is 26.3 Å². The fourth-order valence-electron chi connectivity index (χ4n) is 2.43. The Morgan fingerprint density at radius 2 is 2.47 bits per heavy atom. The highest BCUT2D eigenvalue weighted by atomic mass is 16.5. The predicted molar refractivity (Wildman–Crippen MR) is 61.8 cm³/mol. The van der Waals surface area contributed by atoms with Gasteiger partial charge in [0.1, 0.15) is 0 Å². The summed E-state index contributed by atoms with van der Waals surface area (Å²) < 4.78 is 5.42. The summed E-state index contributed by atoms with van der Waals surface area (Å²) >= 11 is 0. The van der Waals surface area contributed by atoms with Crippen LogP contribution < -0.4 is 11.1 Å². The van der Waals surface area contributed by atoms with Crippen molar-refractivity contribution >= 4 is 0 Å². The number of nitrogens with two attached hydrogens (primary N) is 1. The third-order valence-corrected chi connectivity index (χ3v) is 3.58. The molecule has 1 unspecified atom stereocenters. The van der Waals surface area contributed by atoms with E-state index in [9.17, 15) is 0 Å². The first-order chi connectivity index (χ1) is 7.35. The van der Waals surface area contributed by atoms with Gasteiger partial charge in [-0.1, -0.05) is 11.6 Å². The number of allylic oxidation sites excluding steroid dienone is 1. The topological polar surface area (TPSA) is 47.3 Å². The number of hydrogen-bond acceptors (Lipinski definition) is 3. The minimum atomic E-state index is 0.0686. The number of rotatable bonds is 5. The largest absolute Gasteiger partial charge is 0.379 e. The highest BCUT2D eigenvalue weighted by Crippen LogP contribution is 2.21. The van der Waals surface area contributed by atoms with Crippen molar-refractivity contribution < 1.29 is 4.74 Å². The van der Waals surface area contributed by atoms with Gasteiger partial charge in [-0.05, 0) is 38.6 Å². The second kappa shape index (κ2) is 5.10. The quantitative estimate of drug-likeness (QED) is 0.670. The number of nitrogens with one attached hydrogen (secondary N) is 1. The molecule has 1 fully saturated rings. The van der Waals surface area contributed by atoms with Gasteiger partial charge >= 0.3 is 0 Å². The molecule has 0 spiro atoms. The van der Waals surface area contributed by atoms with E-state index in [1.54, 1.807) is 5.57 Å². The summed E-state index contributed by atoms with van der Waals surface area (Å²) in [5.74, 6) is 0. The third kappa shape index (κ3) is 2.80. The molecule has 1 heterocycles. The molecule has 86 valence electrons. The summed E-state index contributed by atoms with van der Waals surface area (Å²) in [6, 6.07) is 0. The molecule has 0 bridgehead atoms. The molecule has 3 heteroatoms. The van der Waals surface area contributed by atoms with Crippen LogP contribution in [-0.2, 0) is 4.74 Å². The highest BCUT2D eigenvalue weighted by molar-refractivity contribution is 5.08. The zero-order valence-electron chi connectivity index (χ0n) is 9.43. The maximum atomic E-state index is 5.81. The lowest BCUT2D eigenvalue weighted by Gasteiger charge is -2.27.